The standard InChI is InChI=1S/C9H11N3O/c10-5-9-11-6-8(7-12-9)3-1-2-4-13/h6-7,13H,2,4-5,10H2. The Morgan fingerprint density at radius 1 is 1.38 bits per heavy atom. The zero-order chi connectivity index (χ0) is 9.52. The van der Waals surface area contributed by atoms with Gasteiger partial charge in [-0.05, 0) is 0 Å². The van der Waals surface area contributed by atoms with Crippen molar-refractivity contribution in [3.05, 3.63) is 23.8 Å². The lowest BCUT2D eigenvalue weighted by molar-refractivity contribution is 0.305. The summed E-state index contributed by atoms with van der Waals surface area (Å²) in [5.74, 6) is 6.20. The van der Waals surface area contributed by atoms with Crippen LogP contribution in [-0.2, 0) is 6.54 Å². The Kier molecular flexibility index (Phi) is 3.89. The van der Waals surface area contributed by atoms with Crippen LogP contribution in [0.1, 0.15) is 17.8 Å². The molecule has 0 saturated carbocycles. The lowest BCUT2D eigenvalue weighted by atomic mass is 10.3. The van der Waals surface area contributed by atoms with Gasteiger partial charge in [-0.25, -0.2) is 9.97 Å². The second-order valence-corrected chi connectivity index (χ2v) is 2.37. The van der Waals surface area contributed by atoms with E-state index in [1.54, 1.807) is 12.4 Å². The van der Waals surface area contributed by atoms with Crippen molar-refractivity contribution in [1.82, 2.24) is 9.97 Å². The van der Waals surface area contributed by atoms with Gasteiger partial charge in [0, 0.05) is 18.8 Å². The normalized spacial score (nSPS) is 9.08. The molecule has 0 saturated heterocycles. The summed E-state index contributed by atoms with van der Waals surface area (Å²) in [7, 11) is 0. The van der Waals surface area contributed by atoms with Crippen molar-refractivity contribution in [2.45, 2.75) is 13.0 Å². The molecule has 0 amide bonds. The maximum atomic E-state index is 8.48. The topological polar surface area (TPSA) is 72.0 Å². The minimum Gasteiger partial charge on any atom is -0.395 e. The van der Waals surface area contributed by atoms with Gasteiger partial charge in [0.25, 0.3) is 0 Å². The maximum absolute atomic E-state index is 8.48. The first kappa shape index (κ1) is 9.65. The van der Waals surface area contributed by atoms with Crippen LogP contribution in [0.2, 0.25) is 0 Å². The van der Waals surface area contributed by atoms with Gasteiger partial charge in [-0.3, -0.25) is 0 Å². The Morgan fingerprint density at radius 3 is 2.62 bits per heavy atom. The number of nitrogens with two attached hydrogens (primary N) is 1. The first-order chi connectivity index (χ1) is 6.36. The molecule has 1 rings (SSSR count). The number of hydrogen-bond acceptors (Lipinski definition) is 4. The van der Waals surface area contributed by atoms with E-state index in [0.29, 0.717) is 18.8 Å². The molecular formula is C9H11N3O. The molecule has 1 aromatic rings. The van der Waals surface area contributed by atoms with E-state index in [-0.39, 0.29) is 6.61 Å². The summed E-state index contributed by atoms with van der Waals surface area (Å²) in [4.78, 5) is 7.95. The second kappa shape index (κ2) is 5.25. The second-order valence-electron chi connectivity index (χ2n) is 2.37. The van der Waals surface area contributed by atoms with E-state index >= 15 is 0 Å². The summed E-state index contributed by atoms with van der Waals surface area (Å²) < 4.78 is 0. The summed E-state index contributed by atoms with van der Waals surface area (Å²) in [5.41, 5.74) is 6.07. The highest BCUT2D eigenvalue weighted by Crippen LogP contribution is 1.92. The molecule has 0 radical (unpaired) electrons. The molecule has 0 aliphatic carbocycles. The van der Waals surface area contributed by atoms with Gasteiger partial charge in [-0.15, -0.1) is 0 Å². The summed E-state index contributed by atoms with van der Waals surface area (Å²) in [6.07, 6.45) is 3.72. The maximum Gasteiger partial charge on any atom is 0.141 e. The van der Waals surface area contributed by atoms with Crippen molar-refractivity contribution in [2.75, 3.05) is 6.61 Å². The quantitative estimate of drug-likeness (QED) is 0.607. The summed E-state index contributed by atoms with van der Waals surface area (Å²) in [6.45, 7) is 0.416. The Balaban J connectivity index is 2.65. The van der Waals surface area contributed by atoms with Crippen molar-refractivity contribution < 1.29 is 5.11 Å². The van der Waals surface area contributed by atoms with Gasteiger partial charge in [-0.1, -0.05) is 11.8 Å². The molecule has 13 heavy (non-hydrogen) atoms. The van der Waals surface area contributed by atoms with Crippen LogP contribution in [0.4, 0.5) is 0 Å². The van der Waals surface area contributed by atoms with Gasteiger partial charge in [0.15, 0.2) is 0 Å². The highest BCUT2D eigenvalue weighted by atomic mass is 16.2. The summed E-state index contributed by atoms with van der Waals surface area (Å²) >= 11 is 0. The molecule has 0 spiro atoms. The molecule has 0 unspecified atom stereocenters. The Hall–Kier alpha value is -1.44. The molecule has 0 fully saturated rings. The largest absolute Gasteiger partial charge is 0.395 e. The van der Waals surface area contributed by atoms with Crippen molar-refractivity contribution in [3.8, 4) is 11.8 Å². The van der Waals surface area contributed by atoms with Crippen molar-refractivity contribution in [2.24, 2.45) is 5.73 Å². The van der Waals surface area contributed by atoms with Crippen LogP contribution in [0.25, 0.3) is 0 Å². The summed E-state index contributed by atoms with van der Waals surface area (Å²) in [5, 5.41) is 8.48. The van der Waals surface area contributed by atoms with Crippen LogP contribution in [0.5, 0.6) is 0 Å². The third-order valence-corrected chi connectivity index (χ3v) is 1.36. The molecule has 3 N–H and O–H groups in total. The Labute approximate surface area is 76.8 Å². The average molecular weight is 177 g/mol. The van der Waals surface area contributed by atoms with Gasteiger partial charge in [0.2, 0.25) is 0 Å². The molecule has 68 valence electrons. The molecule has 0 atom stereocenters. The Bertz CT molecular complexity index is 310. The molecule has 1 heterocycles. The van der Waals surface area contributed by atoms with E-state index < -0.39 is 0 Å². The van der Waals surface area contributed by atoms with E-state index in [1.165, 1.54) is 0 Å². The zero-order valence-corrected chi connectivity index (χ0v) is 7.20. The molecule has 0 aliphatic heterocycles. The number of aliphatic hydroxyl groups excluding tert-OH is 1. The van der Waals surface area contributed by atoms with Crippen LogP contribution >= 0.6 is 0 Å². The summed E-state index contributed by atoms with van der Waals surface area (Å²) in [6, 6.07) is 0. The highest BCUT2D eigenvalue weighted by Gasteiger charge is 1.91. The minimum atomic E-state index is 0.0781. The minimum absolute atomic E-state index is 0.0781. The smallest absolute Gasteiger partial charge is 0.141 e. The third-order valence-electron chi connectivity index (χ3n) is 1.36. The van der Waals surface area contributed by atoms with E-state index in [0.717, 1.165) is 5.56 Å². The monoisotopic (exact) mass is 177 g/mol. The molecule has 0 bridgehead atoms. The van der Waals surface area contributed by atoms with Gasteiger partial charge >= 0.3 is 0 Å². The molecular weight excluding hydrogens is 166 g/mol. The molecule has 4 heteroatoms. The zero-order valence-electron chi connectivity index (χ0n) is 7.20. The fourth-order valence-corrected chi connectivity index (χ4v) is 0.745. The fraction of sp³-hybridized carbons (Fsp3) is 0.333. The lowest BCUT2D eigenvalue weighted by Crippen LogP contribution is -2.02. The van der Waals surface area contributed by atoms with Crippen LogP contribution in [0.15, 0.2) is 12.4 Å². The van der Waals surface area contributed by atoms with Crippen molar-refractivity contribution in [3.63, 3.8) is 0 Å². The van der Waals surface area contributed by atoms with Crippen LogP contribution in [-0.4, -0.2) is 21.7 Å². The fourth-order valence-electron chi connectivity index (χ4n) is 0.745. The average Bonchev–Trinajstić information content (AvgIpc) is 2.19. The first-order valence-electron chi connectivity index (χ1n) is 3.97. The number of nitrogens with zero attached hydrogens (tertiary/aromatic N) is 2. The van der Waals surface area contributed by atoms with Crippen LogP contribution in [0.3, 0.4) is 0 Å². The first-order valence-corrected chi connectivity index (χ1v) is 3.97. The molecule has 0 aliphatic rings. The van der Waals surface area contributed by atoms with E-state index in [1.807, 2.05) is 0 Å². The van der Waals surface area contributed by atoms with Crippen LogP contribution in [0, 0.1) is 11.8 Å². The van der Waals surface area contributed by atoms with Gasteiger partial charge in [0.1, 0.15) is 5.82 Å². The van der Waals surface area contributed by atoms with Gasteiger partial charge in [0.05, 0.1) is 18.7 Å². The SMILES string of the molecule is NCc1ncc(C#CCCO)cn1. The number of rotatable bonds is 2. The molecule has 0 aromatic carbocycles. The van der Waals surface area contributed by atoms with E-state index in [2.05, 4.69) is 21.8 Å². The predicted octanol–water partition coefficient (Wildman–Crippen LogP) is -0.331. The number of aliphatic hydroxyl groups is 1. The third kappa shape index (κ3) is 3.20. The van der Waals surface area contributed by atoms with Crippen LogP contribution < -0.4 is 5.73 Å². The van der Waals surface area contributed by atoms with E-state index in [9.17, 15) is 0 Å². The molecule has 1 aromatic heterocycles. The number of hydrogen-bond donors (Lipinski definition) is 2. The highest BCUT2D eigenvalue weighted by molar-refractivity contribution is 5.29. The molecule has 4 nitrogen and oxygen atoms in total. The van der Waals surface area contributed by atoms with Gasteiger partial charge < -0.3 is 10.8 Å². The van der Waals surface area contributed by atoms with Crippen molar-refractivity contribution in [1.29, 1.82) is 0 Å². The predicted molar refractivity (Wildman–Crippen MR) is 48.5 cm³/mol. The van der Waals surface area contributed by atoms with Gasteiger partial charge in [-0.2, -0.15) is 0 Å². The van der Waals surface area contributed by atoms with E-state index in [4.69, 9.17) is 10.8 Å². The van der Waals surface area contributed by atoms with Crippen molar-refractivity contribution >= 4 is 0 Å². The lowest BCUT2D eigenvalue weighted by Gasteiger charge is -1.93. The Morgan fingerprint density at radius 2 is 2.08 bits per heavy atom. The number of aromatic nitrogens is 2.